The Morgan fingerprint density at radius 2 is 2.04 bits per heavy atom. The van der Waals surface area contributed by atoms with E-state index in [0.29, 0.717) is 12.1 Å². The summed E-state index contributed by atoms with van der Waals surface area (Å²) >= 11 is 0. The third-order valence-electron chi connectivity index (χ3n) is 4.20. The van der Waals surface area contributed by atoms with E-state index in [1.54, 1.807) is 24.3 Å². The molecule has 0 spiro atoms. The van der Waals surface area contributed by atoms with E-state index in [-0.39, 0.29) is 18.5 Å². The largest absolute Gasteiger partial charge is 0.389 e. The zero-order valence-corrected chi connectivity index (χ0v) is 15.2. The highest BCUT2D eigenvalue weighted by atomic mass is 32.2. The fourth-order valence-electron chi connectivity index (χ4n) is 2.84. The molecule has 7 heteroatoms. The van der Waals surface area contributed by atoms with Crippen LogP contribution in [-0.4, -0.2) is 63.4 Å². The third-order valence-corrected chi connectivity index (χ3v) is 5.57. The average Bonchev–Trinajstić information content (AvgIpc) is 2.86. The van der Waals surface area contributed by atoms with E-state index in [0.717, 1.165) is 19.4 Å². The fraction of sp³-hybridized carbons (Fsp3) is 0.647. The number of nitrogens with one attached hydrogen (secondary N) is 1. The van der Waals surface area contributed by atoms with E-state index in [1.165, 1.54) is 0 Å². The van der Waals surface area contributed by atoms with Gasteiger partial charge in [0.2, 0.25) is 10.0 Å². The van der Waals surface area contributed by atoms with Gasteiger partial charge in [-0.2, -0.15) is 0 Å². The van der Waals surface area contributed by atoms with Crippen molar-refractivity contribution in [2.75, 3.05) is 26.7 Å². The summed E-state index contributed by atoms with van der Waals surface area (Å²) in [6, 6.07) is 8.40. The smallest absolute Gasteiger partial charge is 0.216 e. The van der Waals surface area contributed by atoms with E-state index in [2.05, 4.69) is 16.5 Å². The summed E-state index contributed by atoms with van der Waals surface area (Å²) in [6.07, 6.45) is 1.00. The highest BCUT2D eigenvalue weighted by Gasteiger charge is 2.38. The Balaban J connectivity index is 1.87. The Labute approximate surface area is 144 Å². The minimum Gasteiger partial charge on any atom is -0.389 e. The Kier molecular flexibility index (Phi) is 7.18. The number of nitrogens with zero attached hydrogens (tertiary/aromatic N) is 1. The highest BCUT2D eigenvalue weighted by Crippen LogP contribution is 2.17. The van der Waals surface area contributed by atoms with Gasteiger partial charge in [-0.3, -0.25) is 0 Å². The van der Waals surface area contributed by atoms with Gasteiger partial charge in [0.25, 0.3) is 0 Å². The minimum absolute atomic E-state index is 0.0991. The van der Waals surface area contributed by atoms with Crippen LogP contribution in [0, 0.1) is 0 Å². The van der Waals surface area contributed by atoms with Crippen LogP contribution in [0.2, 0.25) is 0 Å². The first-order valence-electron chi connectivity index (χ1n) is 8.43. The lowest BCUT2D eigenvalue weighted by atomic mass is 10.1. The van der Waals surface area contributed by atoms with Gasteiger partial charge in [-0.25, -0.2) is 13.1 Å². The Hall–Kier alpha value is -0.990. The predicted octanol–water partition coefficient (Wildman–Crippen LogP) is 0.966. The van der Waals surface area contributed by atoms with Gasteiger partial charge in [-0.15, -0.1) is 0 Å². The quantitative estimate of drug-likeness (QED) is 0.689. The van der Waals surface area contributed by atoms with Crippen molar-refractivity contribution >= 4 is 10.0 Å². The van der Waals surface area contributed by atoms with E-state index in [4.69, 9.17) is 4.74 Å². The van der Waals surface area contributed by atoms with Gasteiger partial charge in [-0.1, -0.05) is 43.7 Å². The maximum Gasteiger partial charge on any atom is 0.216 e. The molecule has 6 nitrogen and oxygen atoms in total. The molecule has 3 unspecified atom stereocenters. The first-order valence-corrected chi connectivity index (χ1v) is 10.1. The lowest BCUT2D eigenvalue weighted by molar-refractivity contribution is 0.0203. The molecular weight excluding hydrogens is 328 g/mol. The standard InChI is InChI=1S/C17H28N2O4S/c1-3-4-10-19(2)11-16-17(20)15(12-23-16)18-24(21,22)13-14-8-6-5-7-9-14/h5-9,15-18,20H,3-4,10-13H2,1-2H3. The maximum atomic E-state index is 12.3. The van der Waals surface area contributed by atoms with Crippen molar-refractivity contribution in [3.8, 4) is 0 Å². The van der Waals surface area contributed by atoms with Crippen LogP contribution >= 0.6 is 0 Å². The molecule has 3 atom stereocenters. The molecule has 0 bridgehead atoms. The van der Waals surface area contributed by atoms with Gasteiger partial charge in [-0.05, 0) is 25.6 Å². The van der Waals surface area contributed by atoms with Crippen molar-refractivity contribution in [2.45, 2.75) is 43.8 Å². The second kappa shape index (κ2) is 8.92. The Bertz CT molecular complexity index is 594. The molecule has 1 heterocycles. The van der Waals surface area contributed by atoms with E-state index < -0.39 is 22.2 Å². The molecule has 136 valence electrons. The molecule has 1 aromatic carbocycles. The zero-order valence-electron chi connectivity index (χ0n) is 14.4. The van der Waals surface area contributed by atoms with Crippen molar-refractivity contribution in [3.63, 3.8) is 0 Å². The maximum absolute atomic E-state index is 12.3. The van der Waals surface area contributed by atoms with E-state index >= 15 is 0 Å². The zero-order chi connectivity index (χ0) is 17.6. The molecule has 1 aliphatic rings. The molecule has 0 aromatic heterocycles. The number of sulfonamides is 1. The van der Waals surface area contributed by atoms with Crippen LogP contribution in [0.5, 0.6) is 0 Å². The molecule has 0 aliphatic carbocycles. The third kappa shape index (κ3) is 5.82. The lowest BCUT2D eigenvalue weighted by Crippen LogP contribution is -2.46. The van der Waals surface area contributed by atoms with Crippen LogP contribution in [-0.2, 0) is 20.5 Å². The number of hydrogen-bond donors (Lipinski definition) is 2. The normalized spacial score (nSPS) is 24.6. The Morgan fingerprint density at radius 1 is 1.33 bits per heavy atom. The number of aliphatic hydroxyl groups is 1. The first kappa shape index (κ1) is 19.3. The van der Waals surface area contributed by atoms with Crippen LogP contribution in [0.1, 0.15) is 25.3 Å². The van der Waals surface area contributed by atoms with Crippen LogP contribution in [0.25, 0.3) is 0 Å². The number of benzene rings is 1. The van der Waals surface area contributed by atoms with Crippen LogP contribution in [0.3, 0.4) is 0 Å². The predicted molar refractivity (Wildman–Crippen MR) is 94.1 cm³/mol. The summed E-state index contributed by atoms with van der Waals surface area (Å²) < 4.78 is 32.8. The highest BCUT2D eigenvalue weighted by molar-refractivity contribution is 7.88. The molecule has 1 aliphatic heterocycles. The molecule has 2 rings (SSSR count). The first-order chi connectivity index (χ1) is 11.4. The van der Waals surface area contributed by atoms with Gasteiger partial charge in [0.15, 0.2) is 0 Å². The second-order valence-corrected chi connectivity index (χ2v) is 8.20. The molecule has 24 heavy (non-hydrogen) atoms. The summed E-state index contributed by atoms with van der Waals surface area (Å²) in [4.78, 5) is 2.11. The fourth-order valence-corrected chi connectivity index (χ4v) is 4.22. The van der Waals surface area contributed by atoms with Crippen LogP contribution < -0.4 is 4.72 Å². The topological polar surface area (TPSA) is 78.9 Å². The monoisotopic (exact) mass is 356 g/mol. The van der Waals surface area contributed by atoms with Gasteiger partial charge >= 0.3 is 0 Å². The van der Waals surface area contributed by atoms with E-state index in [1.807, 2.05) is 13.1 Å². The summed E-state index contributed by atoms with van der Waals surface area (Å²) in [7, 11) is -1.54. The lowest BCUT2D eigenvalue weighted by Gasteiger charge is -2.23. The minimum atomic E-state index is -3.52. The number of hydrogen-bond acceptors (Lipinski definition) is 5. The Morgan fingerprint density at radius 3 is 2.71 bits per heavy atom. The number of ether oxygens (including phenoxy) is 1. The number of aliphatic hydroxyl groups excluding tert-OH is 1. The van der Waals surface area contributed by atoms with Gasteiger partial charge in [0.05, 0.1) is 30.6 Å². The molecular formula is C17H28N2O4S. The van der Waals surface area contributed by atoms with Crippen molar-refractivity contribution in [1.29, 1.82) is 0 Å². The van der Waals surface area contributed by atoms with Crippen molar-refractivity contribution in [1.82, 2.24) is 9.62 Å². The van der Waals surface area contributed by atoms with Crippen LogP contribution in [0.4, 0.5) is 0 Å². The molecule has 1 fully saturated rings. The number of unbranched alkanes of at least 4 members (excludes halogenated alkanes) is 1. The molecule has 0 amide bonds. The van der Waals surface area contributed by atoms with Crippen molar-refractivity contribution < 1.29 is 18.3 Å². The van der Waals surface area contributed by atoms with Crippen molar-refractivity contribution in [3.05, 3.63) is 35.9 Å². The molecule has 0 saturated carbocycles. The molecule has 0 radical (unpaired) electrons. The average molecular weight is 356 g/mol. The van der Waals surface area contributed by atoms with Crippen LogP contribution in [0.15, 0.2) is 30.3 Å². The number of rotatable bonds is 9. The van der Waals surface area contributed by atoms with Crippen molar-refractivity contribution in [2.24, 2.45) is 0 Å². The summed E-state index contributed by atoms with van der Waals surface area (Å²) in [6.45, 7) is 3.86. The molecule has 1 saturated heterocycles. The molecule has 1 aromatic rings. The molecule has 2 N–H and O–H groups in total. The summed E-state index contributed by atoms with van der Waals surface area (Å²) in [5, 5.41) is 10.4. The summed E-state index contributed by atoms with van der Waals surface area (Å²) in [5.74, 6) is -0.0991. The van der Waals surface area contributed by atoms with Gasteiger partial charge in [0, 0.05) is 6.54 Å². The number of likely N-dealkylation sites (N-methyl/N-ethyl adjacent to an activating group) is 1. The van der Waals surface area contributed by atoms with Gasteiger partial charge in [0.1, 0.15) is 0 Å². The SMILES string of the molecule is CCCCN(C)CC1OCC(NS(=O)(=O)Cc2ccccc2)C1O. The second-order valence-electron chi connectivity index (χ2n) is 6.45. The summed E-state index contributed by atoms with van der Waals surface area (Å²) in [5.41, 5.74) is 0.717. The van der Waals surface area contributed by atoms with Gasteiger partial charge < -0.3 is 14.7 Å². The van der Waals surface area contributed by atoms with E-state index in [9.17, 15) is 13.5 Å².